The Morgan fingerprint density at radius 2 is 1.77 bits per heavy atom. The molecule has 0 spiro atoms. The van der Waals surface area contributed by atoms with Gasteiger partial charge >= 0.3 is 0 Å². The van der Waals surface area contributed by atoms with E-state index in [1.807, 2.05) is 54.6 Å². The maximum Gasteiger partial charge on any atom is 0.240 e. The lowest BCUT2D eigenvalue weighted by atomic mass is 9.89. The van der Waals surface area contributed by atoms with Gasteiger partial charge in [0.25, 0.3) is 0 Å². The van der Waals surface area contributed by atoms with Crippen LogP contribution in [-0.2, 0) is 13.2 Å². The molecule has 0 N–H and O–H groups in total. The Morgan fingerprint density at radius 3 is 2.47 bits per heavy atom. The Balaban J connectivity index is 1.24. The highest BCUT2D eigenvalue weighted by Gasteiger charge is 2.26. The summed E-state index contributed by atoms with van der Waals surface area (Å²) in [6.07, 6.45) is 1.69. The maximum absolute atomic E-state index is 12.6. The Morgan fingerprint density at radius 1 is 1.07 bits per heavy atom. The van der Waals surface area contributed by atoms with Crippen LogP contribution in [0.2, 0.25) is 0 Å². The molecule has 0 saturated carbocycles. The molecule has 1 aliphatic heterocycles. The number of likely N-dealkylation sites (tertiary alicyclic amines) is 1. The second-order valence-electron chi connectivity index (χ2n) is 7.35. The molecule has 30 heavy (non-hydrogen) atoms. The monoisotopic (exact) mass is 407 g/mol. The van der Waals surface area contributed by atoms with Gasteiger partial charge in [-0.05, 0) is 50.2 Å². The van der Waals surface area contributed by atoms with Crippen molar-refractivity contribution in [3.63, 3.8) is 0 Å². The predicted molar refractivity (Wildman–Crippen MR) is 110 cm³/mol. The number of rotatable bonds is 8. The van der Waals surface area contributed by atoms with Crippen LogP contribution in [0.25, 0.3) is 0 Å². The van der Waals surface area contributed by atoms with Crippen LogP contribution < -0.4 is 9.47 Å². The number of ether oxygens (including phenoxy) is 2. The van der Waals surface area contributed by atoms with Crippen molar-refractivity contribution in [3.8, 4) is 11.5 Å². The van der Waals surface area contributed by atoms with Gasteiger partial charge in [-0.15, -0.1) is 0 Å². The average Bonchev–Trinajstić information content (AvgIpc) is 3.26. The third-order valence-electron chi connectivity index (χ3n) is 5.31. The molecule has 0 amide bonds. The van der Waals surface area contributed by atoms with Crippen LogP contribution in [0, 0.1) is 5.92 Å². The van der Waals surface area contributed by atoms with Gasteiger partial charge in [-0.25, -0.2) is 0 Å². The number of carbonyl (C=O) groups excluding carboxylic acids is 1. The molecule has 0 unspecified atom stereocenters. The fourth-order valence-electron chi connectivity index (χ4n) is 3.62. The molecule has 7 heteroatoms. The molecule has 7 nitrogen and oxygen atoms in total. The van der Waals surface area contributed by atoms with E-state index in [0.717, 1.165) is 37.2 Å². The number of hydrogen-bond donors (Lipinski definition) is 0. The number of Topliss-reactive ketones (excluding diaryl/α,β-unsaturated/α-hetero) is 1. The minimum Gasteiger partial charge on any atom is -0.497 e. The molecule has 0 radical (unpaired) electrons. The molecular formula is C23H25N3O4. The molecule has 2 heterocycles. The first-order valence-electron chi connectivity index (χ1n) is 10.1. The number of nitrogens with zero attached hydrogens (tertiary/aromatic N) is 3. The molecule has 156 valence electrons. The molecule has 1 saturated heterocycles. The largest absolute Gasteiger partial charge is 0.497 e. The third kappa shape index (κ3) is 5.04. The molecule has 0 atom stereocenters. The van der Waals surface area contributed by atoms with Gasteiger partial charge in [0.15, 0.2) is 12.4 Å². The van der Waals surface area contributed by atoms with Gasteiger partial charge in [0, 0.05) is 11.5 Å². The predicted octanol–water partition coefficient (Wildman–Crippen LogP) is 3.75. The number of methoxy groups -OCH3 is 1. The molecule has 2 aromatic carbocycles. The zero-order valence-electron chi connectivity index (χ0n) is 17.0. The van der Waals surface area contributed by atoms with Crippen LogP contribution in [0.1, 0.15) is 34.9 Å². The molecular weight excluding hydrogens is 382 g/mol. The lowest BCUT2D eigenvalue weighted by Gasteiger charge is -2.30. The highest BCUT2D eigenvalue weighted by Crippen LogP contribution is 2.23. The molecule has 1 fully saturated rings. The van der Waals surface area contributed by atoms with Crippen molar-refractivity contribution in [2.45, 2.75) is 26.0 Å². The van der Waals surface area contributed by atoms with Crippen LogP contribution in [0.4, 0.5) is 0 Å². The first kappa shape index (κ1) is 20.1. The van der Waals surface area contributed by atoms with Crippen LogP contribution in [0.3, 0.4) is 0 Å². The van der Waals surface area contributed by atoms with E-state index >= 15 is 0 Å². The minimum atomic E-state index is 0.0831. The summed E-state index contributed by atoms with van der Waals surface area (Å²) in [5, 5.41) is 4.00. The summed E-state index contributed by atoms with van der Waals surface area (Å²) in [6.45, 7) is 2.50. The lowest BCUT2D eigenvalue weighted by molar-refractivity contribution is 0.0825. The lowest BCUT2D eigenvalue weighted by Crippen LogP contribution is -2.36. The number of carbonyl (C=O) groups is 1. The molecule has 1 aliphatic rings. The maximum atomic E-state index is 12.6. The Bertz CT molecular complexity index is 948. The van der Waals surface area contributed by atoms with Gasteiger partial charge in [0.1, 0.15) is 11.5 Å². The number of aromatic nitrogens is 2. The molecule has 4 rings (SSSR count). The van der Waals surface area contributed by atoms with E-state index in [9.17, 15) is 4.79 Å². The summed E-state index contributed by atoms with van der Waals surface area (Å²) in [5.74, 6) is 2.89. The summed E-state index contributed by atoms with van der Waals surface area (Å²) in [5.41, 5.74) is 0.800. The van der Waals surface area contributed by atoms with Gasteiger partial charge in [-0.3, -0.25) is 9.69 Å². The molecule has 0 bridgehead atoms. The van der Waals surface area contributed by atoms with Crippen LogP contribution in [0.5, 0.6) is 11.5 Å². The summed E-state index contributed by atoms with van der Waals surface area (Å²) in [4.78, 5) is 19.3. The number of ketones is 1. The number of hydrogen-bond acceptors (Lipinski definition) is 7. The first-order chi connectivity index (χ1) is 14.7. The highest BCUT2D eigenvalue weighted by atomic mass is 16.5. The summed E-state index contributed by atoms with van der Waals surface area (Å²) in [6, 6.07) is 16.9. The van der Waals surface area contributed by atoms with Crippen LogP contribution in [-0.4, -0.2) is 41.0 Å². The average molecular weight is 407 g/mol. The van der Waals surface area contributed by atoms with Crippen molar-refractivity contribution in [1.29, 1.82) is 0 Å². The summed E-state index contributed by atoms with van der Waals surface area (Å²) < 4.78 is 16.2. The molecule has 3 aromatic rings. The van der Waals surface area contributed by atoms with Gasteiger partial charge in [0.05, 0.1) is 13.7 Å². The fraction of sp³-hybridized carbons (Fsp3) is 0.348. The second kappa shape index (κ2) is 9.54. The summed E-state index contributed by atoms with van der Waals surface area (Å²) in [7, 11) is 1.63. The first-order valence-corrected chi connectivity index (χ1v) is 10.1. The Hall–Kier alpha value is -3.19. The van der Waals surface area contributed by atoms with Crippen molar-refractivity contribution in [2.75, 3.05) is 20.2 Å². The van der Waals surface area contributed by atoms with E-state index in [2.05, 4.69) is 15.0 Å². The SMILES string of the molecule is COc1ccc(OCc2noc(CN3CCC(C(=O)c4ccccc4)CC3)n2)cc1. The van der Waals surface area contributed by atoms with E-state index in [4.69, 9.17) is 14.0 Å². The van der Waals surface area contributed by atoms with Crippen molar-refractivity contribution in [2.24, 2.45) is 5.92 Å². The highest BCUT2D eigenvalue weighted by molar-refractivity contribution is 5.97. The van der Waals surface area contributed by atoms with E-state index in [-0.39, 0.29) is 18.3 Å². The van der Waals surface area contributed by atoms with Crippen molar-refractivity contribution >= 4 is 5.78 Å². The van der Waals surface area contributed by atoms with Gasteiger partial charge < -0.3 is 14.0 Å². The van der Waals surface area contributed by atoms with Crippen molar-refractivity contribution in [3.05, 3.63) is 71.9 Å². The number of piperidine rings is 1. The van der Waals surface area contributed by atoms with Gasteiger partial charge in [-0.2, -0.15) is 4.98 Å². The third-order valence-corrected chi connectivity index (χ3v) is 5.31. The zero-order valence-corrected chi connectivity index (χ0v) is 17.0. The second-order valence-corrected chi connectivity index (χ2v) is 7.35. The minimum absolute atomic E-state index is 0.0831. The van der Waals surface area contributed by atoms with E-state index in [0.29, 0.717) is 24.0 Å². The zero-order chi connectivity index (χ0) is 20.8. The molecule has 1 aromatic heterocycles. The van der Waals surface area contributed by atoms with E-state index in [1.54, 1.807) is 7.11 Å². The van der Waals surface area contributed by atoms with Gasteiger partial charge in [0.2, 0.25) is 11.7 Å². The van der Waals surface area contributed by atoms with Crippen LogP contribution in [0.15, 0.2) is 59.1 Å². The topological polar surface area (TPSA) is 77.7 Å². The smallest absolute Gasteiger partial charge is 0.240 e. The molecule has 0 aliphatic carbocycles. The number of benzene rings is 2. The van der Waals surface area contributed by atoms with Crippen molar-refractivity contribution in [1.82, 2.24) is 15.0 Å². The standard InChI is InChI=1S/C23H25N3O4/c1-28-19-7-9-20(10-8-19)29-16-21-24-22(30-25-21)15-26-13-11-18(12-14-26)23(27)17-5-3-2-4-6-17/h2-10,18H,11-16H2,1H3. The van der Waals surface area contributed by atoms with E-state index < -0.39 is 0 Å². The Kier molecular flexibility index (Phi) is 6.39. The Labute approximate surface area is 175 Å². The summed E-state index contributed by atoms with van der Waals surface area (Å²) >= 11 is 0. The van der Waals surface area contributed by atoms with E-state index in [1.165, 1.54) is 0 Å². The quantitative estimate of drug-likeness (QED) is 0.526. The fourth-order valence-corrected chi connectivity index (χ4v) is 3.62. The normalized spacial score (nSPS) is 15.1. The van der Waals surface area contributed by atoms with Gasteiger partial charge in [-0.1, -0.05) is 35.5 Å². The van der Waals surface area contributed by atoms with Crippen molar-refractivity contribution < 1.29 is 18.8 Å². The van der Waals surface area contributed by atoms with Crippen LogP contribution >= 0.6 is 0 Å².